The van der Waals surface area contributed by atoms with Gasteiger partial charge in [0.15, 0.2) is 0 Å². The third-order valence-corrected chi connectivity index (χ3v) is 2.92. The lowest BCUT2D eigenvalue weighted by molar-refractivity contribution is 0.161. The van der Waals surface area contributed by atoms with Crippen LogP contribution in [0.1, 0.15) is 25.6 Å². The van der Waals surface area contributed by atoms with Crippen LogP contribution in [0.3, 0.4) is 0 Å². The number of para-hydroxylation sites is 2. The van der Waals surface area contributed by atoms with Crippen molar-refractivity contribution in [1.82, 2.24) is 9.55 Å². The van der Waals surface area contributed by atoms with Crippen molar-refractivity contribution in [2.45, 2.75) is 32.3 Å². The van der Waals surface area contributed by atoms with Crippen molar-refractivity contribution in [1.29, 1.82) is 0 Å². The smallest absolute Gasteiger partial charge is 0.112 e. The number of hydrogen-bond acceptors (Lipinski definition) is 2. The predicted octanol–water partition coefficient (Wildman–Crippen LogP) is 2.28. The fourth-order valence-electron chi connectivity index (χ4n) is 2.02. The zero-order chi connectivity index (χ0) is 11.5. The molecule has 1 aromatic heterocycles. The highest BCUT2D eigenvalue weighted by atomic mass is 16.3. The molecule has 0 saturated heterocycles. The lowest BCUT2D eigenvalue weighted by Crippen LogP contribution is -2.13. The van der Waals surface area contributed by atoms with E-state index in [2.05, 4.69) is 22.5 Å². The van der Waals surface area contributed by atoms with Crippen molar-refractivity contribution in [2.75, 3.05) is 0 Å². The van der Waals surface area contributed by atoms with E-state index in [0.717, 1.165) is 29.7 Å². The van der Waals surface area contributed by atoms with E-state index in [-0.39, 0.29) is 6.10 Å². The summed E-state index contributed by atoms with van der Waals surface area (Å²) in [6.07, 6.45) is 2.20. The van der Waals surface area contributed by atoms with Crippen molar-refractivity contribution in [3.63, 3.8) is 0 Å². The second-order valence-corrected chi connectivity index (χ2v) is 4.22. The first-order valence-corrected chi connectivity index (χ1v) is 5.80. The Balaban J connectivity index is 2.27. The summed E-state index contributed by atoms with van der Waals surface area (Å²) in [5.41, 5.74) is 2.13. The standard InChI is InChI=1S/C13H18N2O/c1-3-6-10(16)9-13-14-11-7-4-5-8-12(11)15(13)2/h4-5,7-8,10,16H,3,6,9H2,1-2H3. The number of hydrogen-bond donors (Lipinski definition) is 1. The molecule has 0 aliphatic rings. The van der Waals surface area contributed by atoms with Crippen molar-refractivity contribution in [3.8, 4) is 0 Å². The molecule has 0 aliphatic heterocycles. The van der Waals surface area contributed by atoms with Gasteiger partial charge in [-0.25, -0.2) is 4.98 Å². The average molecular weight is 218 g/mol. The van der Waals surface area contributed by atoms with E-state index >= 15 is 0 Å². The van der Waals surface area contributed by atoms with Crippen molar-refractivity contribution in [2.24, 2.45) is 7.05 Å². The molecule has 3 nitrogen and oxygen atoms in total. The molecular weight excluding hydrogens is 200 g/mol. The maximum absolute atomic E-state index is 9.80. The SMILES string of the molecule is CCCC(O)Cc1nc2ccccc2n1C. The molecule has 0 aliphatic carbocycles. The lowest BCUT2D eigenvalue weighted by atomic mass is 10.1. The predicted molar refractivity (Wildman–Crippen MR) is 65.3 cm³/mol. The van der Waals surface area contributed by atoms with E-state index in [1.54, 1.807) is 0 Å². The molecule has 2 aromatic rings. The van der Waals surface area contributed by atoms with Crippen LogP contribution in [0.4, 0.5) is 0 Å². The number of rotatable bonds is 4. The summed E-state index contributed by atoms with van der Waals surface area (Å²) >= 11 is 0. The lowest BCUT2D eigenvalue weighted by Gasteiger charge is -2.08. The summed E-state index contributed by atoms with van der Waals surface area (Å²) in [5.74, 6) is 0.960. The third kappa shape index (κ3) is 2.09. The van der Waals surface area contributed by atoms with Gasteiger partial charge >= 0.3 is 0 Å². The first-order chi connectivity index (χ1) is 7.72. The largest absolute Gasteiger partial charge is 0.393 e. The number of aromatic nitrogens is 2. The van der Waals surface area contributed by atoms with Gasteiger partial charge in [0, 0.05) is 13.5 Å². The van der Waals surface area contributed by atoms with E-state index in [1.807, 2.05) is 25.2 Å². The minimum Gasteiger partial charge on any atom is -0.393 e. The number of benzene rings is 1. The molecule has 0 saturated carbocycles. The first-order valence-electron chi connectivity index (χ1n) is 5.80. The van der Waals surface area contributed by atoms with Crippen LogP contribution in [0.5, 0.6) is 0 Å². The van der Waals surface area contributed by atoms with Crippen LogP contribution in [0, 0.1) is 0 Å². The van der Waals surface area contributed by atoms with E-state index in [4.69, 9.17) is 0 Å². The Labute approximate surface area is 95.7 Å². The zero-order valence-corrected chi connectivity index (χ0v) is 9.85. The van der Waals surface area contributed by atoms with E-state index in [9.17, 15) is 5.11 Å². The molecule has 0 fully saturated rings. The normalized spacial score (nSPS) is 13.2. The maximum Gasteiger partial charge on any atom is 0.112 e. The fourth-order valence-corrected chi connectivity index (χ4v) is 2.02. The molecule has 1 heterocycles. The monoisotopic (exact) mass is 218 g/mol. The van der Waals surface area contributed by atoms with Gasteiger partial charge in [-0.1, -0.05) is 25.5 Å². The number of aliphatic hydroxyl groups is 1. The molecule has 86 valence electrons. The Hall–Kier alpha value is -1.35. The fraction of sp³-hybridized carbons (Fsp3) is 0.462. The number of aryl methyl sites for hydroxylation is 1. The molecule has 0 spiro atoms. The molecular formula is C13H18N2O. The molecule has 1 atom stereocenters. The second kappa shape index (κ2) is 4.66. The molecule has 2 rings (SSSR count). The van der Waals surface area contributed by atoms with E-state index < -0.39 is 0 Å². The summed E-state index contributed by atoms with van der Waals surface area (Å²) in [6.45, 7) is 2.08. The van der Waals surface area contributed by atoms with Crippen LogP contribution in [0.15, 0.2) is 24.3 Å². The number of nitrogens with zero attached hydrogens (tertiary/aromatic N) is 2. The molecule has 1 aromatic carbocycles. The Morgan fingerprint density at radius 2 is 2.12 bits per heavy atom. The third-order valence-electron chi connectivity index (χ3n) is 2.92. The van der Waals surface area contributed by atoms with Crippen molar-refractivity contribution >= 4 is 11.0 Å². The average Bonchev–Trinajstić information content (AvgIpc) is 2.57. The quantitative estimate of drug-likeness (QED) is 0.855. The van der Waals surface area contributed by atoms with Gasteiger partial charge < -0.3 is 9.67 Å². The van der Waals surface area contributed by atoms with Crippen LogP contribution in [0.2, 0.25) is 0 Å². The van der Waals surface area contributed by atoms with Gasteiger partial charge in [0.1, 0.15) is 5.82 Å². The van der Waals surface area contributed by atoms with Crippen molar-refractivity contribution < 1.29 is 5.11 Å². The van der Waals surface area contributed by atoms with Gasteiger partial charge in [0.2, 0.25) is 0 Å². The summed E-state index contributed by atoms with van der Waals surface area (Å²) < 4.78 is 2.06. The zero-order valence-electron chi connectivity index (χ0n) is 9.85. The molecule has 1 unspecified atom stereocenters. The summed E-state index contributed by atoms with van der Waals surface area (Å²) in [5, 5.41) is 9.80. The molecule has 16 heavy (non-hydrogen) atoms. The van der Waals surface area contributed by atoms with Crippen LogP contribution in [-0.4, -0.2) is 20.8 Å². The maximum atomic E-state index is 9.80. The summed E-state index contributed by atoms with van der Waals surface area (Å²) in [4.78, 5) is 4.54. The molecule has 1 N–H and O–H groups in total. The van der Waals surface area contributed by atoms with Crippen LogP contribution in [0.25, 0.3) is 11.0 Å². The van der Waals surface area contributed by atoms with Crippen LogP contribution in [-0.2, 0) is 13.5 Å². The Morgan fingerprint density at radius 1 is 1.38 bits per heavy atom. The Morgan fingerprint density at radius 3 is 2.81 bits per heavy atom. The Bertz CT molecular complexity index is 476. The number of imidazole rings is 1. The first kappa shape index (κ1) is 11.1. The van der Waals surface area contributed by atoms with Crippen molar-refractivity contribution in [3.05, 3.63) is 30.1 Å². The topological polar surface area (TPSA) is 38.1 Å². The van der Waals surface area contributed by atoms with E-state index in [0.29, 0.717) is 6.42 Å². The number of fused-ring (bicyclic) bond motifs is 1. The van der Waals surface area contributed by atoms with Gasteiger partial charge in [0.05, 0.1) is 17.1 Å². The Kier molecular flexibility index (Phi) is 3.25. The molecule has 0 amide bonds. The highest BCUT2D eigenvalue weighted by Crippen LogP contribution is 2.16. The van der Waals surface area contributed by atoms with Crippen LogP contribution >= 0.6 is 0 Å². The van der Waals surface area contributed by atoms with Crippen LogP contribution < -0.4 is 0 Å². The summed E-state index contributed by atoms with van der Waals surface area (Å²) in [6, 6.07) is 8.06. The number of aliphatic hydroxyl groups excluding tert-OH is 1. The molecule has 3 heteroatoms. The van der Waals surface area contributed by atoms with Gasteiger partial charge in [-0.05, 0) is 18.6 Å². The molecule has 0 radical (unpaired) electrons. The highest BCUT2D eigenvalue weighted by Gasteiger charge is 2.11. The van der Waals surface area contributed by atoms with Gasteiger partial charge in [-0.3, -0.25) is 0 Å². The highest BCUT2D eigenvalue weighted by molar-refractivity contribution is 5.75. The minimum absolute atomic E-state index is 0.277. The molecule has 0 bridgehead atoms. The van der Waals surface area contributed by atoms with Gasteiger partial charge in [-0.2, -0.15) is 0 Å². The summed E-state index contributed by atoms with van der Waals surface area (Å²) in [7, 11) is 2.00. The van der Waals surface area contributed by atoms with Gasteiger partial charge in [-0.15, -0.1) is 0 Å². The van der Waals surface area contributed by atoms with E-state index in [1.165, 1.54) is 0 Å². The minimum atomic E-state index is -0.277. The second-order valence-electron chi connectivity index (χ2n) is 4.22. The van der Waals surface area contributed by atoms with Gasteiger partial charge in [0.25, 0.3) is 0 Å².